The molecule has 2 atom stereocenters. The number of carbonyl (C=O) groups excluding carboxylic acids is 3. The van der Waals surface area contributed by atoms with Crippen LogP contribution in [0.1, 0.15) is 48.5 Å². The van der Waals surface area contributed by atoms with E-state index in [1.165, 1.54) is 11.3 Å². The van der Waals surface area contributed by atoms with Gasteiger partial charge in [0, 0.05) is 44.1 Å². The number of rotatable bonds is 5. The largest absolute Gasteiger partial charge is 0.345 e. The number of hydrogen-bond donors (Lipinski definition) is 1. The Morgan fingerprint density at radius 3 is 2.28 bits per heavy atom. The molecule has 0 aliphatic heterocycles. The van der Waals surface area contributed by atoms with Crippen molar-refractivity contribution in [3.63, 3.8) is 0 Å². The van der Waals surface area contributed by atoms with E-state index in [0.29, 0.717) is 30.0 Å². The molecule has 1 N–H and O–H groups in total. The topological polar surface area (TPSA) is 79.4 Å². The predicted octanol–water partition coefficient (Wildman–Crippen LogP) is 5.68. The molecule has 0 bridgehead atoms. The molecule has 5 rings (SSSR count). The van der Waals surface area contributed by atoms with Crippen LogP contribution < -0.4 is 5.32 Å². The summed E-state index contributed by atoms with van der Waals surface area (Å²) in [6, 6.07) is 15.8. The first-order valence-corrected chi connectivity index (χ1v) is 13.0. The average Bonchev–Trinajstić information content (AvgIpc) is 3.49. The number of nitrogens with zero attached hydrogens (tertiary/aromatic N) is 2. The van der Waals surface area contributed by atoms with Gasteiger partial charge in [-0.1, -0.05) is 42.0 Å². The van der Waals surface area contributed by atoms with Gasteiger partial charge >= 0.3 is 0 Å². The molecule has 36 heavy (non-hydrogen) atoms. The van der Waals surface area contributed by atoms with Crippen molar-refractivity contribution in [1.29, 1.82) is 0 Å². The van der Waals surface area contributed by atoms with E-state index in [4.69, 9.17) is 0 Å². The van der Waals surface area contributed by atoms with Gasteiger partial charge in [-0.15, -0.1) is 11.3 Å². The molecule has 2 aromatic carbocycles. The number of thiazole rings is 1. The SMILES string of the molecule is CN(C)C(=O)c1ccc(-c2ccc(C3=C4CC(=O)CCC4C[C@]3(C)C(=O)Nc3nccs3)cc2)cc1. The molecule has 0 radical (unpaired) electrons. The maximum Gasteiger partial charge on any atom is 0.253 e. The van der Waals surface area contributed by atoms with Crippen molar-refractivity contribution < 1.29 is 14.4 Å². The van der Waals surface area contributed by atoms with Crippen LogP contribution in [0, 0.1) is 11.3 Å². The normalized spacial score (nSPS) is 21.3. The van der Waals surface area contributed by atoms with E-state index in [9.17, 15) is 14.4 Å². The van der Waals surface area contributed by atoms with Crippen LogP contribution in [0.25, 0.3) is 16.7 Å². The summed E-state index contributed by atoms with van der Waals surface area (Å²) >= 11 is 1.40. The smallest absolute Gasteiger partial charge is 0.253 e. The number of amides is 2. The molecule has 2 aliphatic carbocycles. The Morgan fingerprint density at radius 2 is 1.67 bits per heavy atom. The number of hydrogen-bond acceptors (Lipinski definition) is 5. The van der Waals surface area contributed by atoms with Gasteiger partial charge in [-0.25, -0.2) is 4.98 Å². The van der Waals surface area contributed by atoms with Crippen molar-refractivity contribution in [3.8, 4) is 11.1 Å². The molecule has 184 valence electrons. The van der Waals surface area contributed by atoms with E-state index >= 15 is 0 Å². The van der Waals surface area contributed by atoms with Crippen LogP contribution in [0.2, 0.25) is 0 Å². The van der Waals surface area contributed by atoms with Crippen molar-refractivity contribution in [2.75, 3.05) is 19.4 Å². The van der Waals surface area contributed by atoms with Crippen LogP contribution in [0.15, 0.2) is 65.7 Å². The van der Waals surface area contributed by atoms with Crippen molar-refractivity contribution in [1.82, 2.24) is 9.88 Å². The minimum Gasteiger partial charge on any atom is -0.345 e. The summed E-state index contributed by atoms with van der Waals surface area (Å²) < 4.78 is 0. The molecule has 1 unspecified atom stereocenters. The molecular weight excluding hydrogens is 470 g/mol. The second kappa shape index (κ2) is 9.47. The van der Waals surface area contributed by atoms with Gasteiger partial charge in [-0.2, -0.15) is 0 Å². The molecule has 0 spiro atoms. The number of Topliss-reactive ketones (excluding diaryl/α,β-unsaturated/α-hetero) is 1. The maximum atomic E-state index is 13.6. The van der Waals surface area contributed by atoms with E-state index in [0.717, 1.165) is 34.3 Å². The molecule has 1 fully saturated rings. The number of allylic oxidation sites excluding steroid dienone is 1. The highest BCUT2D eigenvalue weighted by Crippen LogP contribution is 2.55. The third kappa shape index (κ3) is 4.39. The van der Waals surface area contributed by atoms with Gasteiger partial charge < -0.3 is 10.2 Å². The van der Waals surface area contributed by atoms with Gasteiger partial charge in [0.1, 0.15) is 5.78 Å². The van der Waals surface area contributed by atoms with Crippen molar-refractivity contribution in [2.24, 2.45) is 11.3 Å². The number of aromatic nitrogens is 1. The van der Waals surface area contributed by atoms with Gasteiger partial charge in [-0.05, 0) is 60.1 Å². The first kappa shape index (κ1) is 24.1. The lowest BCUT2D eigenvalue weighted by atomic mass is 9.77. The zero-order valence-electron chi connectivity index (χ0n) is 20.7. The summed E-state index contributed by atoms with van der Waals surface area (Å²) in [5.74, 6) is 0.379. The van der Waals surface area contributed by atoms with Crippen LogP contribution in [0.4, 0.5) is 5.13 Å². The lowest BCUT2D eigenvalue weighted by Gasteiger charge is -2.27. The third-order valence-electron chi connectivity index (χ3n) is 7.38. The van der Waals surface area contributed by atoms with E-state index in [2.05, 4.69) is 10.3 Å². The maximum absolute atomic E-state index is 13.6. The van der Waals surface area contributed by atoms with Crippen molar-refractivity contribution in [2.45, 2.75) is 32.6 Å². The second-order valence-electron chi connectivity index (χ2n) is 10.0. The molecule has 1 saturated carbocycles. The Kier molecular flexibility index (Phi) is 6.35. The quantitative estimate of drug-likeness (QED) is 0.490. The second-order valence-corrected chi connectivity index (χ2v) is 10.9. The molecule has 7 heteroatoms. The number of nitrogens with one attached hydrogen (secondary N) is 1. The molecule has 0 saturated heterocycles. The van der Waals surface area contributed by atoms with E-state index in [1.807, 2.05) is 60.8 Å². The molecule has 2 amide bonds. The first-order valence-electron chi connectivity index (χ1n) is 12.1. The molecule has 1 heterocycles. The monoisotopic (exact) mass is 499 g/mol. The Hall–Kier alpha value is -3.58. The zero-order valence-corrected chi connectivity index (χ0v) is 21.5. The van der Waals surface area contributed by atoms with Crippen LogP contribution in [0.5, 0.6) is 0 Å². The Bertz CT molecular complexity index is 1340. The molecule has 6 nitrogen and oxygen atoms in total. The predicted molar refractivity (Wildman–Crippen MR) is 143 cm³/mol. The molecule has 3 aromatic rings. The Morgan fingerprint density at radius 1 is 1.03 bits per heavy atom. The van der Waals surface area contributed by atoms with E-state index in [1.54, 1.807) is 25.2 Å². The van der Waals surface area contributed by atoms with E-state index < -0.39 is 5.41 Å². The summed E-state index contributed by atoms with van der Waals surface area (Å²) in [5.41, 5.74) is 5.00. The number of benzene rings is 2. The third-order valence-corrected chi connectivity index (χ3v) is 8.07. The molecule has 1 aromatic heterocycles. The fourth-order valence-electron chi connectivity index (χ4n) is 5.54. The van der Waals surface area contributed by atoms with Crippen LogP contribution in [0.3, 0.4) is 0 Å². The lowest BCUT2D eigenvalue weighted by molar-refractivity contribution is -0.122. The van der Waals surface area contributed by atoms with Gasteiger partial charge in [0.15, 0.2) is 5.13 Å². The molecular formula is C29H29N3O3S. The van der Waals surface area contributed by atoms with Gasteiger partial charge in [0.2, 0.25) is 5.91 Å². The average molecular weight is 500 g/mol. The highest BCUT2D eigenvalue weighted by atomic mass is 32.1. The first-order chi connectivity index (χ1) is 17.3. The fraction of sp³-hybridized carbons (Fsp3) is 0.310. The van der Waals surface area contributed by atoms with Crippen LogP contribution >= 0.6 is 11.3 Å². The lowest BCUT2D eigenvalue weighted by Crippen LogP contribution is -2.33. The minimum absolute atomic E-state index is 0.0292. The zero-order chi connectivity index (χ0) is 25.4. The summed E-state index contributed by atoms with van der Waals surface area (Å²) in [4.78, 5) is 44.0. The van der Waals surface area contributed by atoms with E-state index in [-0.39, 0.29) is 23.5 Å². The molecule has 2 aliphatic rings. The highest BCUT2D eigenvalue weighted by Gasteiger charge is 2.49. The minimum atomic E-state index is -0.744. The van der Waals surface area contributed by atoms with Crippen molar-refractivity contribution in [3.05, 3.63) is 76.8 Å². The van der Waals surface area contributed by atoms with Gasteiger partial charge in [-0.3, -0.25) is 14.4 Å². The number of ketones is 1. The summed E-state index contributed by atoms with van der Waals surface area (Å²) in [6.45, 7) is 2.00. The Labute approximate surface area is 215 Å². The summed E-state index contributed by atoms with van der Waals surface area (Å²) in [5, 5.41) is 5.43. The number of carbonyl (C=O) groups is 3. The number of fused-ring (bicyclic) bond motifs is 1. The fourth-order valence-corrected chi connectivity index (χ4v) is 6.07. The van der Waals surface area contributed by atoms with Crippen LogP contribution in [-0.2, 0) is 9.59 Å². The van der Waals surface area contributed by atoms with Gasteiger partial charge in [0.05, 0.1) is 5.41 Å². The number of anilines is 1. The van der Waals surface area contributed by atoms with Crippen LogP contribution in [-0.4, -0.2) is 41.6 Å². The standard InChI is InChI=1S/C29H29N3O3S/c1-29(27(35)31-28-30-14-15-36-28)17-22-12-13-23(33)16-24(22)25(29)20-8-4-18(5-9-20)19-6-10-21(11-7-19)26(34)32(2)3/h4-11,14-15,22H,12-13,16-17H2,1-3H3,(H,30,31,35)/t22?,29-/m0/s1. The Balaban J connectivity index is 1.48. The summed E-state index contributed by atoms with van der Waals surface area (Å²) in [6.07, 6.45) is 4.18. The van der Waals surface area contributed by atoms with Gasteiger partial charge in [0.25, 0.3) is 5.91 Å². The van der Waals surface area contributed by atoms with Crippen molar-refractivity contribution >= 4 is 39.6 Å². The summed E-state index contributed by atoms with van der Waals surface area (Å²) in [7, 11) is 3.48. The highest BCUT2D eigenvalue weighted by molar-refractivity contribution is 7.13.